The van der Waals surface area contributed by atoms with Crippen molar-refractivity contribution in [2.24, 2.45) is 5.73 Å². The number of aromatic amines is 1. The van der Waals surface area contributed by atoms with Gasteiger partial charge in [-0.2, -0.15) is 5.10 Å². The van der Waals surface area contributed by atoms with Crippen LogP contribution in [0.2, 0.25) is 0 Å². The molecule has 2 aromatic carbocycles. The summed E-state index contributed by atoms with van der Waals surface area (Å²) in [4.78, 5) is 12.7. The van der Waals surface area contributed by atoms with E-state index in [2.05, 4.69) is 20.8 Å². The summed E-state index contributed by atoms with van der Waals surface area (Å²) < 4.78 is 11.0. The van der Waals surface area contributed by atoms with Crippen LogP contribution in [-0.4, -0.2) is 48.2 Å². The molecule has 164 valence electrons. The van der Waals surface area contributed by atoms with Crippen molar-refractivity contribution in [3.63, 3.8) is 0 Å². The summed E-state index contributed by atoms with van der Waals surface area (Å²) in [5.74, 6) is 1.18. The molecule has 3 rings (SSSR count). The Bertz CT molecular complexity index is 978. The minimum atomic E-state index is -0.421. The Morgan fingerprint density at radius 3 is 2.84 bits per heavy atom. The van der Waals surface area contributed by atoms with Crippen molar-refractivity contribution >= 4 is 11.7 Å². The number of aliphatic hydroxyl groups excluding tert-OH is 1. The molecule has 9 nitrogen and oxygen atoms in total. The summed E-state index contributed by atoms with van der Waals surface area (Å²) in [5.41, 5.74) is 8.70. The van der Waals surface area contributed by atoms with Crippen molar-refractivity contribution in [3.05, 3.63) is 60.4 Å². The molecule has 0 saturated carbocycles. The number of nitrogens with two attached hydrogens (primary N) is 1. The zero-order valence-electron chi connectivity index (χ0n) is 17.3. The lowest BCUT2D eigenvalue weighted by atomic mass is 10.0. The van der Waals surface area contributed by atoms with E-state index in [1.54, 1.807) is 25.6 Å². The zero-order chi connectivity index (χ0) is 22.1. The number of anilines is 1. The predicted octanol–water partition coefficient (Wildman–Crippen LogP) is 2.67. The van der Waals surface area contributed by atoms with E-state index in [1.165, 1.54) is 0 Å². The summed E-state index contributed by atoms with van der Waals surface area (Å²) in [6.45, 7) is 0.574. The van der Waals surface area contributed by atoms with Gasteiger partial charge < -0.3 is 30.9 Å². The molecule has 1 atom stereocenters. The Hall–Kier alpha value is -3.56. The molecule has 0 aliphatic carbocycles. The maximum Gasteiger partial charge on any atom is 0.319 e. The minimum Gasteiger partial charge on any atom is -0.497 e. The van der Waals surface area contributed by atoms with Crippen molar-refractivity contribution < 1.29 is 19.4 Å². The number of aliphatic hydroxyl groups is 1. The van der Waals surface area contributed by atoms with Crippen molar-refractivity contribution in [2.45, 2.75) is 12.5 Å². The quantitative estimate of drug-likeness (QED) is 0.339. The standard InChI is InChI=1S/C22H27N5O4/c1-30-18-4-2-3-16(11-18)19(7-9-28)26-22(29)27-20-6-5-15(17-13-24-25-14-17)12-21(20)31-10-8-23/h2-6,11-14,19,28H,7-10,23H2,1H3,(H,24,25)(H2,26,27,29). The normalized spacial score (nSPS) is 11.6. The SMILES string of the molecule is COc1cccc(C(CCO)NC(=O)Nc2ccc(-c3cn[nH]c3)cc2OCCN)c1. The predicted molar refractivity (Wildman–Crippen MR) is 118 cm³/mol. The largest absolute Gasteiger partial charge is 0.497 e. The molecule has 0 bridgehead atoms. The zero-order valence-corrected chi connectivity index (χ0v) is 17.3. The number of ether oxygens (including phenoxy) is 2. The number of carbonyl (C=O) groups is 1. The molecule has 0 fully saturated rings. The summed E-state index contributed by atoms with van der Waals surface area (Å²) in [5, 5.41) is 21.9. The molecule has 0 saturated heterocycles. The average molecular weight is 425 g/mol. The number of methoxy groups -OCH3 is 1. The van der Waals surface area contributed by atoms with Gasteiger partial charge in [0.2, 0.25) is 0 Å². The first kappa shape index (κ1) is 22.1. The second-order valence-electron chi connectivity index (χ2n) is 6.77. The van der Waals surface area contributed by atoms with Gasteiger partial charge in [-0.05, 0) is 41.8 Å². The Kier molecular flexibility index (Phi) is 7.85. The van der Waals surface area contributed by atoms with Gasteiger partial charge in [-0.1, -0.05) is 18.2 Å². The second-order valence-corrected chi connectivity index (χ2v) is 6.77. The fourth-order valence-corrected chi connectivity index (χ4v) is 3.13. The first-order chi connectivity index (χ1) is 15.1. The Labute approximate surface area is 180 Å². The average Bonchev–Trinajstić information content (AvgIpc) is 3.33. The molecule has 6 N–H and O–H groups in total. The van der Waals surface area contributed by atoms with Crippen LogP contribution in [0.25, 0.3) is 11.1 Å². The van der Waals surface area contributed by atoms with Gasteiger partial charge in [0.05, 0.1) is 25.0 Å². The van der Waals surface area contributed by atoms with Gasteiger partial charge >= 0.3 is 6.03 Å². The molecule has 0 aliphatic rings. The lowest BCUT2D eigenvalue weighted by molar-refractivity contribution is 0.239. The molecule has 3 aromatic rings. The van der Waals surface area contributed by atoms with Gasteiger partial charge in [0.15, 0.2) is 0 Å². The lowest BCUT2D eigenvalue weighted by Gasteiger charge is -2.20. The van der Waals surface area contributed by atoms with Crippen LogP contribution in [0.5, 0.6) is 11.5 Å². The van der Waals surface area contributed by atoms with Crippen LogP contribution in [0.1, 0.15) is 18.0 Å². The lowest BCUT2D eigenvalue weighted by Crippen LogP contribution is -2.33. The number of carbonyl (C=O) groups excluding carboxylic acids is 1. The van der Waals surface area contributed by atoms with Gasteiger partial charge in [0, 0.05) is 24.9 Å². The van der Waals surface area contributed by atoms with Crippen LogP contribution in [0.3, 0.4) is 0 Å². The Morgan fingerprint density at radius 2 is 2.13 bits per heavy atom. The van der Waals surface area contributed by atoms with Crippen molar-refractivity contribution in [3.8, 4) is 22.6 Å². The fraction of sp³-hybridized carbons (Fsp3) is 0.273. The number of amides is 2. The molecule has 31 heavy (non-hydrogen) atoms. The summed E-state index contributed by atoms with van der Waals surface area (Å²) >= 11 is 0. The number of nitrogens with one attached hydrogen (secondary N) is 3. The molecular formula is C22H27N5O4. The third-order valence-electron chi connectivity index (χ3n) is 4.66. The van der Waals surface area contributed by atoms with E-state index in [1.807, 2.05) is 36.4 Å². The van der Waals surface area contributed by atoms with Crippen molar-refractivity contribution in [2.75, 3.05) is 32.2 Å². The van der Waals surface area contributed by atoms with Crippen LogP contribution in [0.4, 0.5) is 10.5 Å². The molecule has 0 aliphatic heterocycles. The highest BCUT2D eigenvalue weighted by Gasteiger charge is 2.17. The van der Waals surface area contributed by atoms with E-state index in [4.69, 9.17) is 15.2 Å². The topological polar surface area (TPSA) is 135 Å². The highest BCUT2D eigenvalue weighted by atomic mass is 16.5. The molecule has 1 heterocycles. The van der Waals surface area contributed by atoms with Gasteiger partial charge in [0.25, 0.3) is 0 Å². The Morgan fingerprint density at radius 1 is 1.26 bits per heavy atom. The van der Waals surface area contributed by atoms with E-state index < -0.39 is 12.1 Å². The molecular weight excluding hydrogens is 398 g/mol. The van der Waals surface area contributed by atoms with Crippen LogP contribution in [-0.2, 0) is 0 Å². The van der Waals surface area contributed by atoms with Crippen LogP contribution in [0.15, 0.2) is 54.9 Å². The number of rotatable bonds is 10. The number of urea groups is 1. The van der Waals surface area contributed by atoms with Crippen molar-refractivity contribution in [1.82, 2.24) is 15.5 Å². The number of H-pyrrole nitrogens is 1. The van der Waals surface area contributed by atoms with Crippen LogP contribution >= 0.6 is 0 Å². The fourth-order valence-electron chi connectivity index (χ4n) is 3.13. The maximum atomic E-state index is 12.7. The third-order valence-corrected chi connectivity index (χ3v) is 4.66. The molecule has 9 heteroatoms. The van der Waals surface area contributed by atoms with E-state index >= 15 is 0 Å². The first-order valence-corrected chi connectivity index (χ1v) is 9.93. The van der Waals surface area contributed by atoms with Gasteiger partial charge in [0.1, 0.15) is 18.1 Å². The number of aromatic nitrogens is 2. The smallest absolute Gasteiger partial charge is 0.319 e. The Balaban J connectivity index is 1.77. The van der Waals surface area contributed by atoms with Gasteiger partial charge in [-0.25, -0.2) is 4.79 Å². The second kappa shape index (κ2) is 11.0. The van der Waals surface area contributed by atoms with Gasteiger partial charge in [-0.15, -0.1) is 0 Å². The molecule has 2 amide bonds. The van der Waals surface area contributed by atoms with Crippen molar-refractivity contribution in [1.29, 1.82) is 0 Å². The number of hydrogen-bond donors (Lipinski definition) is 5. The maximum absolute atomic E-state index is 12.7. The molecule has 1 aromatic heterocycles. The molecule has 1 unspecified atom stereocenters. The number of nitrogens with zero attached hydrogens (tertiary/aromatic N) is 1. The first-order valence-electron chi connectivity index (χ1n) is 9.93. The number of benzene rings is 2. The van der Waals surface area contributed by atoms with E-state index in [0.29, 0.717) is 36.8 Å². The third kappa shape index (κ3) is 5.97. The summed E-state index contributed by atoms with van der Waals surface area (Å²) in [6.07, 6.45) is 3.83. The van der Waals surface area contributed by atoms with Crippen LogP contribution < -0.4 is 25.8 Å². The van der Waals surface area contributed by atoms with E-state index in [-0.39, 0.29) is 6.61 Å². The van der Waals surface area contributed by atoms with E-state index in [0.717, 1.165) is 16.7 Å². The number of hydrogen-bond acceptors (Lipinski definition) is 6. The summed E-state index contributed by atoms with van der Waals surface area (Å²) in [7, 11) is 1.58. The molecule has 0 spiro atoms. The van der Waals surface area contributed by atoms with E-state index in [9.17, 15) is 9.90 Å². The summed E-state index contributed by atoms with van der Waals surface area (Å²) in [6, 6.07) is 12.0. The van der Waals surface area contributed by atoms with Gasteiger partial charge in [-0.3, -0.25) is 5.10 Å². The highest BCUT2D eigenvalue weighted by Crippen LogP contribution is 2.31. The highest BCUT2D eigenvalue weighted by molar-refractivity contribution is 5.91. The minimum absolute atomic E-state index is 0.0770. The molecule has 0 radical (unpaired) electrons. The van der Waals surface area contributed by atoms with Crippen LogP contribution in [0, 0.1) is 0 Å². The monoisotopic (exact) mass is 425 g/mol.